The van der Waals surface area contributed by atoms with Crippen LogP contribution in [0, 0.1) is 10.8 Å². The first kappa shape index (κ1) is 32.3. The van der Waals surface area contributed by atoms with Crippen molar-refractivity contribution in [3.05, 3.63) is 0 Å². The second-order valence-electron chi connectivity index (χ2n) is 9.59. The molecular weight excluding hydrogens is 475 g/mol. The number of esters is 3. The van der Waals surface area contributed by atoms with Crippen LogP contribution < -0.4 is 0 Å². The second-order valence-corrected chi connectivity index (χ2v) is 9.59. The van der Waals surface area contributed by atoms with E-state index in [4.69, 9.17) is 9.47 Å². The minimum Gasteiger partial charge on any atom is -0.453 e. The predicted molar refractivity (Wildman–Crippen MR) is 118 cm³/mol. The fraction of sp³-hybridized carbons (Fsp3) is 0.783. The average Bonchev–Trinajstić information content (AvgIpc) is 2.69. The maximum atomic E-state index is 12.8. The summed E-state index contributed by atoms with van der Waals surface area (Å²) in [4.78, 5) is 62.4. The highest BCUT2D eigenvalue weighted by molar-refractivity contribution is 5.97. The summed E-state index contributed by atoms with van der Waals surface area (Å²) in [5.41, 5.74) is -2.61. The van der Waals surface area contributed by atoms with Gasteiger partial charge in [-0.25, -0.2) is 4.79 Å². The molecule has 0 saturated carbocycles. The maximum absolute atomic E-state index is 12.8. The molecule has 0 aromatic rings. The summed E-state index contributed by atoms with van der Waals surface area (Å²) in [6, 6.07) is -0.446. The molecule has 0 fully saturated rings. The van der Waals surface area contributed by atoms with E-state index >= 15 is 0 Å². The molecule has 3 atom stereocenters. The number of carbonyl (C=O) groups excluding carboxylic acids is 5. The Balaban J connectivity index is 5.27. The van der Waals surface area contributed by atoms with Gasteiger partial charge in [0.25, 0.3) is 5.91 Å². The SMILES string of the molecule is CCC(C)(CC(C)(C)C(=O)OC(C)C(=O)N(C(C)=O)C(C)C)C(=O)OCC(=O)OC(C)C(F)(F)F. The summed E-state index contributed by atoms with van der Waals surface area (Å²) < 4.78 is 51.9. The van der Waals surface area contributed by atoms with Gasteiger partial charge in [0.05, 0.1) is 10.8 Å². The van der Waals surface area contributed by atoms with Crippen molar-refractivity contribution in [1.82, 2.24) is 4.90 Å². The van der Waals surface area contributed by atoms with Gasteiger partial charge in [-0.05, 0) is 61.3 Å². The van der Waals surface area contributed by atoms with Gasteiger partial charge in [-0.1, -0.05) is 6.92 Å². The Morgan fingerprint density at radius 2 is 1.40 bits per heavy atom. The predicted octanol–water partition coefficient (Wildman–Crippen LogP) is 3.57. The molecule has 0 aromatic carbocycles. The zero-order chi connectivity index (χ0) is 27.9. The number of ether oxygens (including phenoxy) is 3. The Morgan fingerprint density at radius 1 is 0.886 bits per heavy atom. The van der Waals surface area contributed by atoms with Gasteiger partial charge < -0.3 is 14.2 Å². The van der Waals surface area contributed by atoms with E-state index in [0.29, 0.717) is 6.92 Å². The molecule has 0 heterocycles. The molecule has 0 bridgehead atoms. The number of halogens is 3. The van der Waals surface area contributed by atoms with Gasteiger partial charge in [-0.2, -0.15) is 13.2 Å². The normalized spacial score (nSPS) is 15.5. The summed E-state index contributed by atoms with van der Waals surface area (Å²) >= 11 is 0. The standard InChI is InChI=1S/C23H36F3NO8/c1-10-22(9,20(32)33-11-17(29)35-15(5)23(24,25)26)12-21(7,8)19(31)34-14(4)18(30)27(13(2)3)16(6)28/h13-15H,10-12H2,1-9H3. The van der Waals surface area contributed by atoms with Gasteiger partial charge in [0.1, 0.15) is 0 Å². The van der Waals surface area contributed by atoms with Crippen molar-refractivity contribution in [1.29, 1.82) is 0 Å². The van der Waals surface area contributed by atoms with E-state index < -0.39 is 71.6 Å². The van der Waals surface area contributed by atoms with Crippen molar-refractivity contribution >= 4 is 29.7 Å². The Morgan fingerprint density at radius 3 is 1.80 bits per heavy atom. The number of rotatable bonds is 11. The second kappa shape index (κ2) is 12.3. The molecule has 0 spiro atoms. The number of amides is 2. The van der Waals surface area contributed by atoms with Crippen LogP contribution in [0.4, 0.5) is 13.2 Å². The quantitative estimate of drug-likeness (QED) is 0.305. The molecule has 0 N–H and O–H groups in total. The van der Waals surface area contributed by atoms with Crippen LogP contribution in [0.5, 0.6) is 0 Å². The highest BCUT2D eigenvalue weighted by Gasteiger charge is 2.44. The molecule has 0 saturated heterocycles. The van der Waals surface area contributed by atoms with Gasteiger partial charge in [0, 0.05) is 13.0 Å². The number of carbonyl (C=O) groups is 5. The number of hydrogen-bond acceptors (Lipinski definition) is 8. The minimum atomic E-state index is -4.75. The first-order valence-electron chi connectivity index (χ1n) is 11.2. The lowest BCUT2D eigenvalue weighted by atomic mass is 9.72. The molecule has 2 amide bonds. The van der Waals surface area contributed by atoms with Crippen molar-refractivity contribution in [3.8, 4) is 0 Å². The lowest BCUT2D eigenvalue weighted by Crippen LogP contribution is -2.47. The van der Waals surface area contributed by atoms with Gasteiger partial charge in [0.2, 0.25) is 5.91 Å². The molecule has 0 radical (unpaired) electrons. The molecule has 35 heavy (non-hydrogen) atoms. The summed E-state index contributed by atoms with van der Waals surface area (Å²) in [5.74, 6) is -4.29. The van der Waals surface area contributed by atoms with Crippen molar-refractivity contribution in [2.75, 3.05) is 6.61 Å². The third-order valence-electron chi connectivity index (χ3n) is 5.47. The molecule has 3 unspecified atom stereocenters. The number of imide groups is 1. The third kappa shape index (κ3) is 9.48. The topological polar surface area (TPSA) is 116 Å². The smallest absolute Gasteiger partial charge is 0.425 e. The summed E-state index contributed by atoms with van der Waals surface area (Å²) in [5, 5.41) is 0. The fourth-order valence-corrected chi connectivity index (χ4v) is 3.33. The highest BCUT2D eigenvalue weighted by Crippen LogP contribution is 2.38. The number of hydrogen-bond donors (Lipinski definition) is 0. The molecule has 0 aliphatic heterocycles. The van der Waals surface area contributed by atoms with E-state index in [2.05, 4.69) is 4.74 Å². The van der Waals surface area contributed by atoms with E-state index in [1.807, 2.05) is 0 Å². The van der Waals surface area contributed by atoms with Crippen LogP contribution in [0.15, 0.2) is 0 Å². The molecule has 0 aromatic heterocycles. The molecule has 202 valence electrons. The Kier molecular flexibility index (Phi) is 11.4. The van der Waals surface area contributed by atoms with Crippen LogP contribution in [0.3, 0.4) is 0 Å². The van der Waals surface area contributed by atoms with E-state index in [0.717, 1.165) is 4.90 Å². The highest BCUT2D eigenvalue weighted by atomic mass is 19.4. The zero-order valence-electron chi connectivity index (χ0n) is 21.7. The van der Waals surface area contributed by atoms with Gasteiger partial charge >= 0.3 is 24.1 Å². The van der Waals surface area contributed by atoms with Crippen LogP contribution in [-0.2, 0) is 38.2 Å². The Labute approximate surface area is 203 Å². The fourth-order valence-electron chi connectivity index (χ4n) is 3.33. The minimum absolute atomic E-state index is 0.121. The largest absolute Gasteiger partial charge is 0.453 e. The summed E-state index contributed by atoms with van der Waals surface area (Å²) in [6.45, 7) is 11.5. The van der Waals surface area contributed by atoms with Crippen molar-refractivity contribution in [2.24, 2.45) is 10.8 Å². The summed E-state index contributed by atoms with van der Waals surface area (Å²) in [6.07, 6.45) is -8.34. The first-order valence-corrected chi connectivity index (χ1v) is 11.2. The first-order chi connectivity index (χ1) is 15.7. The lowest BCUT2D eigenvalue weighted by molar-refractivity contribution is -0.218. The van der Waals surface area contributed by atoms with Crippen LogP contribution in [0.2, 0.25) is 0 Å². The Bertz CT molecular complexity index is 809. The Hall–Kier alpha value is -2.66. The van der Waals surface area contributed by atoms with Crippen LogP contribution >= 0.6 is 0 Å². The van der Waals surface area contributed by atoms with Crippen molar-refractivity contribution < 1.29 is 51.4 Å². The van der Waals surface area contributed by atoms with Crippen molar-refractivity contribution in [3.63, 3.8) is 0 Å². The molecule has 12 heteroatoms. The molecule has 0 rings (SSSR count). The third-order valence-corrected chi connectivity index (χ3v) is 5.47. The van der Waals surface area contributed by atoms with Crippen LogP contribution in [0.1, 0.15) is 75.2 Å². The van der Waals surface area contributed by atoms with Gasteiger partial charge in [-0.15, -0.1) is 0 Å². The van der Waals surface area contributed by atoms with Crippen LogP contribution in [-0.4, -0.2) is 65.7 Å². The molecular formula is C23H36F3NO8. The number of nitrogens with zero attached hydrogens (tertiary/aromatic N) is 1. The van der Waals surface area contributed by atoms with Gasteiger partial charge in [0.15, 0.2) is 18.8 Å². The van der Waals surface area contributed by atoms with Crippen LogP contribution in [0.25, 0.3) is 0 Å². The molecule has 9 nitrogen and oxygen atoms in total. The zero-order valence-corrected chi connectivity index (χ0v) is 21.7. The van der Waals surface area contributed by atoms with E-state index in [1.165, 1.54) is 34.6 Å². The van der Waals surface area contributed by atoms with Crippen molar-refractivity contribution in [2.45, 2.75) is 99.6 Å². The monoisotopic (exact) mass is 511 g/mol. The van der Waals surface area contributed by atoms with Gasteiger partial charge in [-0.3, -0.25) is 24.1 Å². The molecule has 0 aliphatic carbocycles. The molecule has 0 aliphatic rings. The average molecular weight is 512 g/mol. The summed E-state index contributed by atoms with van der Waals surface area (Å²) in [7, 11) is 0. The number of alkyl halides is 3. The van der Waals surface area contributed by atoms with E-state index in [-0.39, 0.29) is 12.8 Å². The van der Waals surface area contributed by atoms with E-state index in [1.54, 1.807) is 20.8 Å². The lowest BCUT2D eigenvalue weighted by Gasteiger charge is -2.34. The van der Waals surface area contributed by atoms with E-state index in [9.17, 15) is 37.1 Å². The maximum Gasteiger partial charge on any atom is 0.425 e.